The highest BCUT2D eigenvalue weighted by atomic mass is 35.5. The predicted octanol–water partition coefficient (Wildman–Crippen LogP) is 0.141. The minimum absolute atomic E-state index is 0.0277. The highest BCUT2D eigenvalue weighted by Gasteiger charge is 2.21. The van der Waals surface area contributed by atoms with E-state index in [9.17, 15) is 19.2 Å². The summed E-state index contributed by atoms with van der Waals surface area (Å²) in [6.07, 6.45) is 0. The molecule has 3 aromatic rings. The lowest BCUT2D eigenvalue weighted by Gasteiger charge is -2.36. The molecule has 4 rings (SSSR count). The summed E-state index contributed by atoms with van der Waals surface area (Å²) in [5.41, 5.74) is -0.479. The summed E-state index contributed by atoms with van der Waals surface area (Å²) in [5.74, 6) is -0.518. The molecule has 0 unspecified atom stereocenters. The summed E-state index contributed by atoms with van der Waals surface area (Å²) in [4.78, 5) is 55.1. The van der Waals surface area contributed by atoms with Gasteiger partial charge in [0.2, 0.25) is 0 Å². The van der Waals surface area contributed by atoms with Gasteiger partial charge >= 0.3 is 5.69 Å². The zero-order valence-corrected chi connectivity index (χ0v) is 20.1. The number of pyridine rings is 1. The van der Waals surface area contributed by atoms with E-state index in [0.717, 1.165) is 42.5 Å². The molecule has 1 fully saturated rings. The Labute approximate surface area is 200 Å². The van der Waals surface area contributed by atoms with Crippen molar-refractivity contribution in [2.45, 2.75) is 0 Å². The maximum Gasteiger partial charge on any atom is 0.332 e. The number of piperazine rings is 1. The van der Waals surface area contributed by atoms with Gasteiger partial charge in [0.25, 0.3) is 17.0 Å². The Morgan fingerprint density at radius 2 is 1.68 bits per heavy atom. The number of nitrogens with one attached hydrogen (secondary N) is 1. The lowest BCUT2D eigenvalue weighted by molar-refractivity contribution is 0.0949. The van der Waals surface area contributed by atoms with Gasteiger partial charge in [0.05, 0.1) is 10.9 Å². The summed E-state index contributed by atoms with van der Waals surface area (Å²) in [6, 6.07) is 8.92. The van der Waals surface area contributed by atoms with E-state index in [1.807, 2.05) is 24.3 Å². The number of benzene rings is 1. The van der Waals surface area contributed by atoms with Crippen LogP contribution in [0.3, 0.4) is 0 Å². The van der Waals surface area contributed by atoms with Crippen molar-refractivity contribution in [2.75, 3.05) is 44.2 Å². The number of amides is 1. The van der Waals surface area contributed by atoms with Gasteiger partial charge in [-0.1, -0.05) is 17.7 Å². The van der Waals surface area contributed by atoms with E-state index in [-0.39, 0.29) is 16.6 Å². The van der Waals surface area contributed by atoms with Crippen LogP contribution < -0.4 is 27.0 Å². The molecule has 0 radical (unpaired) electrons. The second-order valence-electron chi connectivity index (χ2n) is 8.42. The minimum Gasteiger partial charge on any atom is -0.369 e. The zero-order valence-electron chi connectivity index (χ0n) is 19.4. The van der Waals surface area contributed by atoms with Crippen LogP contribution in [0.2, 0.25) is 5.02 Å². The molecule has 0 aliphatic carbocycles. The molecule has 0 saturated carbocycles. The van der Waals surface area contributed by atoms with Crippen LogP contribution in [0.1, 0.15) is 10.4 Å². The second kappa shape index (κ2) is 9.47. The molecule has 3 heterocycles. The Bertz CT molecular complexity index is 1430. The minimum atomic E-state index is -0.615. The van der Waals surface area contributed by atoms with E-state index in [4.69, 9.17) is 11.6 Å². The van der Waals surface area contributed by atoms with Crippen molar-refractivity contribution in [3.8, 4) is 0 Å². The van der Waals surface area contributed by atoms with E-state index in [2.05, 4.69) is 15.1 Å². The average Bonchev–Trinajstić information content (AvgIpc) is 2.83. The molecule has 1 aromatic carbocycles. The quantitative estimate of drug-likeness (QED) is 0.550. The molecule has 1 saturated heterocycles. The first-order chi connectivity index (χ1) is 16.2. The van der Waals surface area contributed by atoms with Crippen LogP contribution in [-0.2, 0) is 21.1 Å². The Kier molecular flexibility index (Phi) is 6.63. The third-order valence-electron chi connectivity index (χ3n) is 6.32. The summed E-state index contributed by atoms with van der Waals surface area (Å²) in [7, 11) is 4.28. The van der Waals surface area contributed by atoms with Gasteiger partial charge in [0.1, 0.15) is 5.65 Å². The van der Waals surface area contributed by atoms with Gasteiger partial charge in [0, 0.05) is 77.2 Å². The van der Waals surface area contributed by atoms with Gasteiger partial charge in [-0.05, 0) is 18.2 Å². The van der Waals surface area contributed by atoms with Crippen LogP contribution in [-0.4, -0.2) is 63.8 Å². The number of hydrogen-bond donors (Lipinski definition) is 1. The molecule has 1 aliphatic rings. The van der Waals surface area contributed by atoms with Gasteiger partial charge in [-0.2, -0.15) is 0 Å². The van der Waals surface area contributed by atoms with Crippen molar-refractivity contribution in [2.24, 2.45) is 21.1 Å². The fourth-order valence-electron chi connectivity index (χ4n) is 4.36. The number of hydrogen-bond acceptors (Lipinski definition) is 6. The van der Waals surface area contributed by atoms with Gasteiger partial charge in [0.15, 0.2) is 0 Å². The van der Waals surface area contributed by atoms with Gasteiger partial charge < -0.3 is 10.2 Å². The van der Waals surface area contributed by atoms with E-state index in [1.54, 1.807) is 0 Å². The third-order valence-corrected chi connectivity index (χ3v) is 6.56. The lowest BCUT2D eigenvalue weighted by atomic mass is 10.1. The fourth-order valence-corrected chi connectivity index (χ4v) is 4.55. The van der Waals surface area contributed by atoms with Crippen molar-refractivity contribution < 1.29 is 4.79 Å². The molecular formula is C23H27ClN6O4. The number of nitrogens with zero attached hydrogens (tertiary/aromatic N) is 5. The summed E-state index contributed by atoms with van der Waals surface area (Å²) < 4.78 is 3.34. The van der Waals surface area contributed by atoms with Crippen molar-refractivity contribution in [3.05, 3.63) is 72.1 Å². The first-order valence-electron chi connectivity index (χ1n) is 11.0. The van der Waals surface area contributed by atoms with E-state index in [1.165, 1.54) is 30.3 Å². The normalized spacial score (nSPS) is 14.5. The number of halogens is 1. The predicted molar refractivity (Wildman–Crippen MR) is 132 cm³/mol. The maximum atomic E-state index is 13.0. The third kappa shape index (κ3) is 4.38. The molecule has 0 bridgehead atoms. The van der Waals surface area contributed by atoms with Crippen LogP contribution in [0.25, 0.3) is 11.0 Å². The highest BCUT2D eigenvalue weighted by Crippen LogP contribution is 2.20. The summed E-state index contributed by atoms with van der Waals surface area (Å²) in [6.45, 7) is 4.35. The van der Waals surface area contributed by atoms with Gasteiger partial charge in [-0.3, -0.25) is 33.0 Å². The van der Waals surface area contributed by atoms with E-state index in [0.29, 0.717) is 18.1 Å². The van der Waals surface area contributed by atoms with E-state index < -0.39 is 22.7 Å². The molecule has 180 valence electrons. The monoisotopic (exact) mass is 486 g/mol. The molecule has 1 N–H and O–H groups in total. The highest BCUT2D eigenvalue weighted by molar-refractivity contribution is 6.30. The number of carbonyl (C=O) groups excluding carboxylic acids is 1. The maximum absolute atomic E-state index is 13.0. The average molecular weight is 487 g/mol. The number of carbonyl (C=O) groups is 1. The Balaban J connectivity index is 1.45. The Morgan fingerprint density at radius 1 is 0.971 bits per heavy atom. The van der Waals surface area contributed by atoms with Gasteiger partial charge in [-0.15, -0.1) is 0 Å². The Morgan fingerprint density at radius 3 is 2.35 bits per heavy atom. The molecule has 1 aliphatic heterocycles. The van der Waals surface area contributed by atoms with Crippen LogP contribution in [0, 0.1) is 0 Å². The zero-order chi connectivity index (χ0) is 24.6. The standard InChI is InChI=1S/C23H27ClN6O4/c1-26-18(31)14-17(19-21(26)27(2)23(34)28(3)22(19)33)20(32)25-7-8-29-9-11-30(12-10-29)16-6-4-5-15(24)13-16/h4-6,13-14H,7-12H2,1-3H3,(H,25,32). The van der Waals surface area contributed by atoms with E-state index >= 15 is 0 Å². The smallest absolute Gasteiger partial charge is 0.332 e. The van der Waals surface area contributed by atoms with Crippen LogP contribution in [0.4, 0.5) is 5.69 Å². The van der Waals surface area contributed by atoms with Gasteiger partial charge in [-0.25, -0.2) is 4.79 Å². The van der Waals surface area contributed by atoms with Crippen LogP contribution in [0.15, 0.2) is 44.7 Å². The number of aromatic nitrogens is 3. The summed E-state index contributed by atoms with van der Waals surface area (Å²) in [5, 5.41) is 3.57. The van der Waals surface area contributed by atoms with Crippen molar-refractivity contribution in [1.29, 1.82) is 0 Å². The number of anilines is 1. The number of aryl methyl sites for hydroxylation is 2. The largest absolute Gasteiger partial charge is 0.369 e. The molecule has 1 amide bonds. The molecule has 34 heavy (non-hydrogen) atoms. The molecule has 11 heteroatoms. The molecular weight excluding hydrogens is 460 g/mol. The number of fused-ring (bicyclic) bond motifs is 1. The topological polar surface area (TPSA) is 102 Å². The first kappa shape index (κ1) is 23.8. The van der Waals surface area contributed by atoms with Crippen molar-refractivity contribution in [1.82, 2.24) is 23.9 Å². The molecule has 0 atom stereocenters. The van der Waals surface area contributed by atoms with Crippen LogP contribution >= 0.6 is 11.6 Å². The summed E-state index contributed by atoms with van der Waals surface area (Å²) >= 11 is 6.10. The SMILES string of the molecule is Cn1c(=O)c2c(C(=O)NCCN3CCN(c4cccc(Cl)c4)CC3)cc(=O)n(C)c2n(C)c1=O. The molecule has 10 nitrogen and oxygen atoms in total. The van der Waals surface area contributed by atoms with Crippen LogP contribution in [0.5, 0.6) is 0 Å². The molecule has 0 spiro atoms. The lowest BCUT2D eigenvalue weighted by Crippen LogP contribution is -2.48. The first-order valence-corrected chi connectivity index (χ1v) is 11.4. The number of rotatable bonds is 5. The fraction of sp³-hybridized carbons (Fsp3) is 0.391. The Hall–Kier alpha value is -3.37. The molecule has 2 aromatic heterocycles. The van der Waals surface area contributed by atoms with Crippen molar-refractivity contribution >= 4 is 34.2 Å². The second-order valence-corrected chi connectivity index (χ2v) is 8.86. The van der Waals surface area contributed by atoms with Crippen molar-refractivity contribution in [3.63, 3.8) is 0 Å².